The van der Waals surface area contributed by atoms with Crippen LogP contribution in [-0.4, -0.2) is 18.1 Å². The summed E-state index contributed by atoms with van der Waals surface area (Å²) in [6.45, 7) is 4.09. The zero-order chi connectivity index (χ0) is 11.3. The number of amides is 1. The Bertz CT molecular complexity index is 201. The molecule has 0 aromatic rings. The van der Waals surface area contributed by atoms with Gasteiger partial charge in [-0.2, -0.15) is 0 Å². The minimum Gasteiger partial charge on any atom is -0.320 e. The number of carbonyl (C=O) groups is 1. The number of rotatable bonds is 5. The molecule has 0 heterocycles. The highest BCUT2D eigenvalue weighted by molar-refractivity contribution is 5.80. The minimum absolute atomic E-state index is 0.195. The van der Waals surface area contributed by atoms with Crippen LogP contribution in [0.25, 0.3) is 0 Å². The molecule has 0 spiro atoms. The summed E-state index contributed by atoms with van der Waals surface area (Å²) in [5.74, 6) is 0.229. The van der Waals surface area contributed by atoms with E-state index in [9.17, 15) is 4.79 Å². The number of hydrogen-bond acceptors (Lipinski definition) is 3. The Morgan fingerprint density at radius 1 is 1.47 bits per heavy atom. The Kier molecular flexibility index (Phi) is 5.05. The Morgan fingerprint density at radius 2 is 2.07 bits per heavy atom. The molecule has 4 nitrogen and oxygen atoms in total. The van der Waals surface area contributed by atoms with E-state index in [2.05, 4.69) is 5.48 Å². The zero-order valence-corrected chi connectivity index (χ0v) is 9.66. The van der Waals surface area contributed by atoms with Gasteiger partial charge in [0.2, 0.25) is 0 Å². The second-order valence-electron chi connectivity index (χ2n) is 4.73. The van der Waals surface area contributed by atoms with Crippen LogP contribution in [0.15, 0.2) is 0 Å². The largest absolute Gasteiger partial charge is 0.320 e. The Labute approximate surface area is 91.5 Å². The average molecular weight is 214 g/mol. The summed E-state index contributed by atoms with van der Waals surface area (Å²) in [7, 11) is 0. The molecule has 0 bridgehead atoms. The van der Waals surface area contributed by atoms with Gasteiger partial charge in [0.25, 0.3) is 5.91 Å². The van der Waals surface area contributed by atoms with Gasteiger partial charge in [-0.1, -0.05) is 26.7 Å². The third-order valence-electron chi connectivity index (χ3n) is 2.69. The number of nitrogens with two attached hydrogens (primary N) is 1. The predicted octanol–water partition coefficient (Wildman–Crippen LogP) is 1.35. The third-order valence-corrected chi connectivity index (χ3v) is 2.69. The van der Waals surface area contributed by atoms with Crippen molar-refractivity contribution in [3.05, 3.63) is 0 Å². The van der Waals surface area contributed by atoms with E-state index in [1.165, 1.54) is 12.8 Å². The Morgan fingerprint density at radius 3 is 2.60 bits per heavy atom. The highest BCUT2D eigenvalue weighted by Gasteiger charge is 2.19. The zero-order valence-electron chi connectivity index (χ0n) is 9.66. The first-order chi connectivity index (χ1) is 7.09. The molecule has 0 saturated heterocycles. The number of nitrogens with one attached hydrogen (secondary N) is 1. The van der Waals surface area contributed by atoms with Gasteiger partial charge in [-0.05, 0) is 25.2 Å². The molecule has 15 heavy (non-hydrogen) atoms. The Hall–Kier alpha value is -0.610. The van der Waals surface area contributed by atoms with E-state index in [1.54, 1.807) is 0 Å². The topological polar surface area (TPSA) is 64.4 Å². The second-order valence-corrected chi connectivity index (χ2v) is 4.73. The van der Waals surface area contributed by atoms with Crippen molar-refractivity contribution in [3.8, 4) is 0 Å². The number of carbonyl (C=O) groups excluding carboxylic acids is 1. The van der Waals surface area contributed by atoms with Gasteiger partial charge in [0, 0.05) is 0 Å². The van der Waals surface area contributed by atoms with E-state index in [1.807, 2.05) is 13.8 Å². The van der Waals surface area contributed by atoms with Gasteiger partial charge in [0.1, 0.15) is 0 Å². The standard InChI is InChI=1S/C11H22N2O2/c1-8(2)7-10(12)11(14)13-15-9-5-3-4-6-9/h8-10H,3-7,12H2,1-2H3,(H,13,14)/t10-/m1/s1. The summed E-state index contributed by atoms with van der Waals surface area (Å²) in [5.41, 5.74) is 8.18. The third kappa shape index (κ3) is 4.62. The van der Waals surface area contributed by atoms with Gasteiger partial charge in [-0.25, -0.2) is 5.48 Å². The highest BCUT2D eigenvalue weighted by atomic mass is 16.7. The van der Waals surface area contributed by atoms with Crippen molar-refractivity contribution in [1.29, 1.82) is 0 Å². The van der Waals surface area contributed by atoms with E-state index in [-0.39, 0.29) is 12.0 Å². The van der Waals surface area contributed by atoms with E-state index in [0.29, 0.717) is 12.3 Å². The van der Waals surface area contributed by atoms with E-state index >= 15 is 0 Å². The first-order valence-corrected chi connectivity index (χ1v) is 5.80. The second kappa shape index (κ2) is 6.08. The summed E-state index contributed by atoms with van der Waals surface area (Å²) in [4.78, 5) is 16.8. The molecule has 0 unspecified atom stereocenters. The molecule has 3 N–H and O–H groups in total. The molecular formula is C11H22N2O2. The van der Waals surface area contributed by atoms with Crippen molar-refractivity contribution < 1.29 is 9.63 Å². The fourth-order valence-electron chi connectivity index (χ4n) is 1.84. The molecule has 1 aliphatic rings. The van der Waals surface area contributed by atoms with Gasteiger partial charge in [0.15, 0.2) is 0 Å². The molecule has 1 atom stereocenters. The van der Waals surface area contributed by atoms with Crippen LogP contribution in [0.2, 0.25) is 0 Å². The molecule has 0 aliphatic heterocycles. The molecule has 0 aromatic heterocycles. The van der Waals surface area contributed by atoms with Crippen molar-refractivity contribution in [2.75, 3.05) is 0 Å². The fraction of sp³-hybridized carbons (Fsp3) is 0.909. The molecular weight excluding hydrogens is 192 g/mol. The molecule has 88 valence electrons. The van der Waals surface area contributed by atoms with Crippen LogP contribution in [0.3, 0.4) is 0 Å². The van der Waals surface area contributed by atoms with Crippen LogP contribution in [0.5, 0.6) is 0 Å². The minimum atomic E-state index is -0.452. The maximum absolute atomic E-state index is 11.5. The summed E-state index contributed by atoms with van der Waals surface area (Å²) in [6, 6.07) is -0.452. The lowest BCUT2D eigenvalue weighted by Gasteiger charge is -2.16. The molecule has 1 amide bonds. The monoisotopic (exact) mass is 214 g/mol. The number of hydroxylamine groups is 1. The molecule has 1 saturated carbocycles. The van der Waals surface area contributed by atoms with E-state index < -0.39 is 6.04 Å². The van der Waals surface area contributed by atoms with Crippen LogP contribution in [0.1, 0.15) is 46.0 Å². The van der Waals surface area contributed by atoms with E-state index in [4.69, 9.17) is 10.6 Å². The number of hydrogen-bond donors (Lipinski definition) is 2. The molecule has 1 aliphatic carbocycles. The van der Waals surface area contributed by atoms with Gasteiger partial charge in [-0.15, -0.1) is 0 Å². The average Bonchev–Trinajstić information content (AvgIpc) is 2.65. The van der Waals surface area contributed by atoms with Crippen LogP contribution in [-0.2, 0) is 9.63 Å². The first kappa shape index (κ1) is 12.5. The smallest absolute Gasteiger partial charge is 0.260 e. The summed E-state index contributed by atoms with van der Waals surface area (Å²) in [5, 5.41) is 0. The SMILES string of the molecule is CC(C)C[C@@H](N)C(=O)NOC1CCCC1. The lowest BCUT2D eigenvalue weighted by atomic mass is 10.0. The molecule has 0 radical (unpaired) electrons. The maximum atomic E-state index is 11.5. The van der Waals surface area contributed by atoms with Crippen molar-refractivity contribution in [2.24, 2.45) is 11.7 Å². The predicted molar refractivity (Wildman–Crippen MR) is 58.9 cm³/mol. The van der Waals surface area contributed by atoms with Crippen LogP contribution < -0.4 is 11.2 Å². The van der Waals surface area contributed by atoms with Crippen molar-refractivity contribution >= 4 is 5.91 Å². The molecule has 0 aromatic carbocycles. The summed E-state index contributed by atoms with van der Waals surface area (Å²) < 4.78 is 0. The van der Waals surface area contributed by atoms with Crippen LogP contribution >= 0.6 is 0 Å². The van der Waals surface area contributed by atoms with Gasteiger partial charge in [0.05, 0.1) is 12.1 Å². The summed E-state index contributed by atoms with van der Waals surface area (Å²) >= 11 is 0. The fourth-order valence-corrected chi connectivity index (χ4v) is 1.84. The van der Waals surface area contributed by atoms with Crippen LogP contribution in [0, 0.1) is 5.92 Å². The lowest BCUT2D eigenvalue weighted by molar-refractivity contribution is -0.139. The highest BCUT2D eigenvalue weighted by Crippen LogP contribution is 2.19. The van der Waals surface area contributed by atoms with Gasteiger partial charge in [-0.3, -0.25) is 9.63 Å². The lowest BCUT2D eigenvalue weighted by Crippen LogP contribution is -2.42. The normalized spacial score (nSPS) is 19.5. The van der Waals surface area contributed by atoms with E-state index in [0.717, 1.165) is 12.8 Å². The molecule has 1 rings (SSSR count). The first-order valence-electron chi connectivity index (χ1n) is 5.80. The van der Waals surface area contributed by atoms with Crippen molar-refractivity contribution in [3.63, 3.8) is 0 Å². The van der Waals surface area contributed by atoms with Crippen LogP contribution in [0.4, 0.5) is 0 Å². The maximum Gasteiger partial charge on any atom is 0.260 e. The van der Waals surface area contributed by atoms with Crippen molar-refractivity contribution in [2.45, 2.75) is 58.1 Å². The van der Waals surface area contributed by atoms with Gasteiger partial charge >= 0.3 is 0 Å². The molecule has 1 fully saturated rings. The molecule has 4 heteroatoms. The quantitative estimate of drug-likeness (QED) is 0.679. The van der Waals surface area contributed by atoms with Gasteiger partial charge < -0.3 is 5.73 Å². The Balaban J connectivity index is 2.16. The van der Waals surface area contributed by atoms with Crippen molar-refractivity contribution in [1.82, 2.24) is 5.48 Å². The summed E-state index contributed by atoms with van der Waals surface area (Å²) in [6.07, 6.45) is 5.36.